The normalized spacial score (nSPS) is 11.2. The van der Waals surface area contributed by atoms with Crippen molar-refractivity contribution < 1.29 is 13.5 Å². The summed E-state index contributed by atoms with van der Waals surface area (Å²) in [7, 11) is 0.132. The van der Waals surface area contributed by atoms with Gasteiger partial charge in [0.2, 0.25) is 0 Å². The molecule has 134 valence electrons. The first-order chi connectivity index (χ1) is 12.3. The summed E-state index contributed by atoms with van der Waals surface area (Å²) in [4.78, 5) is 2.10. The van der Waals surface area contributed by atoms with Crippen molar-refractivity contribution in [2.24, 2.45) is 0 Å². The van der Waals surface area contributed by atoms with Gasteiger partial charge in [-0.2, -0.15) is 0 Å². The molecule has 0 fully saturated rings. The number of aromatic hydroxyl groups is 1. The largest absolute Gasteiger partial charge is 0.508 e. The standard InChI is InChI=1S/C20H20N2O3S/c1-22(2)18-11-9-17(10-12-18)21-26(24,25)20-8-4-6-16(14-20)15-5-3-7-19(23)13-15/h3-14,21,23H,1-2H3. The van der Waals surface area contributed by atoms with Crippen LogP contribution in [-0.2, 0) is 10.0 Å². The van der Waals surface area contributed by atoms with Gasteiger partial charge in [-0.05, 0) is 59.7 Å². The second-order valence-corrected chi connectivity index (χ2v) is 7.81. The molecule has 0 unspecified atom stereocenters. The Balaban J connectivity index is 1.89. The number of anilines is 2. The summed E-state index contributed by atoms with van der Waals surface area (Å²) in [6, 6.07) is 20.5. The smallest absolute Gasteiger partial charge is 0.261 e. The van der Waals surface area contributed by atoms with Crippen molar-refractivity contribution in [2.75, 3.05) is 23.7 Å². The van der Waals surface area contributed by atoms with Gasteiger partial charge in [0.15, 0.2) is 0 Å². The van der Waals surface area contributed by atoms with Crippen LogP contribution in [0.2, 0.25) is 0 Å². The van der Waals surface area contributed by atoms with Crippen LogP contribution in [0.15, 0.2) is 77.7 Å². The lowest BCUT2D eigenvalue weighted by atomic mass is 10.1. The van der Waals surface area contributed by atoms with Gasteiger partial charge in [-0.3, -0.25) is 4.72 Å². The van der Waals surface area contributed by atoms with Crippen LogP contribution in [0, 0.1) is 0 Å². The molecule has 0 aliphatic rings. The van der Waals surface area contributed by atoms with Crippen LogP contribution in [0.4, 0.5) is 11.4 Å². The van der Waals surface area contributed by atoms with Gasteiger partial charge in [0.25, 0.3) is 10.0 Å². The highest BCUT2D eigenvalue weighted by Crippen LogP contribution is 2.26. The summed E-state index contributed by atoms with van der Waals surface area (Å²) in [6.07, 6.45) is 0. The molecule has 0 heterocycles. The van der Waals surface area contributed by atoms with E-state index in [1.807, 2.05) is 37.2 Å². The van der Waals surface area contributed by atoms with E-state index in [9.17, 15) is 13.5 Å². The second kappa shape index (κ2) is 7.09. The highest BCUT2D eigenvalue weighted by atomic mass is 32.2. The van der Waals surface area contributed by atoms with Crippen molar-refractivity contribution in [3.05, 3.63) is 72.8 Å². The predicted molar refractivity (Wildman–Crippen MR) is 105 cm³/mol. The Bertz CT molecular complexity index is 1010. The van der Waals surface area contributed by atoms with E-state index in [-0.39, 0.29) is 10.6 Å². The molecule has 0 bridgehead atoms. The monoisotopic (exact) mass is 368 g/mol. The number of nitrogens with zero attached hydrogens (tertiary/aromatic N) is 1. The van der Waals surface area contributed by atoms with Crippen molar-refractivity contribution in [1.82, 2.24) is 0 Å². The van der Waals surface area contributed by atoms with E-state index in [2.05, 4.69) is 4.72 Å². The van der Waals surface area contributed by atoms with Crippen LogP contribution in [0.25, 0.3) is 11.1 Å². The van der Waals surface area contributed by atoms with E-state index >= 15 is 0 Å². The number of phenolic OH excluding ortho intramolecular Hbond substituents is 1. The summed E-state index contributed by atoms with van der Waals surface area (Å²) >= 11 is 0. The minimum atomic E-state index is -3.71. The fraction of sp³-hybridized carbons (Fsp3) is 0.100. The molecule has 3 rings (SSSR count). The van der Waals surface area contributed by atoms with Crippen LogP contribution >= 0.6 is 0 Å². The molecule has 2 N–H and O–H groups in total. The number of benzene rings is 3. The van der Waals surface area contributed by atoms with Crippen LogP contribution in [0.1, 0.15) is 0 Å². The van der Waals surface area contributed by atoms with Gasteiger partial charge in [-0.1, -0.05) is 24.3 Å². The van der Waals surface area contributed by atoms with Crippen molar-refractivity contribution in [3.63, 3.8) is 0 Å². The average Bonchev–Trinajstić information content (AvgIpc) is 2.62. The number of sulfonamides is 1. The zero-order valence-corrected chi connectivity index (χ0v) is 15.4. The van der Waals surface area contributed by atoms with Crippen LogP contribution in [0.3, 0.4) is 0 Å². The Morgan fingerprint density at radius 3 is 2.08 bits per heavy atom. The minimum Gasteiger partial charge on any atom is -0.508 e. The first-order valence-corrected chi connectivity index (χ1v) is 9.53. The van der Waals surface area contributed by atoms with Crippen molar-refractivity contribution >= 4 is 21.4 Å². The van der Waals surface area contributed by atoms with Gasteiger partial charge in [0.1, 0.15) is 5.75 Å². The summed E-state index contributed by atoms with van der Waals surface area (Å²) < 4.78 is 28.0. The SMILES string of the molecule is CN(C)c1ccc(NS(=O)(=O)c2cccc(-c3cccc(O)c3)c2)cc1. The molecule has 0 radical (unpaired) electrons. The number of rotatable bonds is 5. The van der Waals surface area contributed by atoms with E-state index in [4.69, 9.17) is 0 Å². The van der Waals surface area contributed by atoms with Gasteiger partial charge in [0.05, 0.1) is 4.90 Å². The summed E-state index contributed by atoms with van der Waals surface area (Å²) in [5, 5.41) is 9.63. The van der Waals surface area contributed by atoms with Crippen LogP contribution < -0.4 is 9.62 Å². The molecule has 0 saturated carbocycles. The lowest BCUT2D eigenvalue weighted by Gasteiger charge is -2.14. The maximum atomic E-state index is 12.7. The van der Waals surface area contributed by atoms with Gasteiger partial charge in [0, 0.05) is 25.5 Å². The molecule has 3 aromatic carbocycles. The lowest BCUT2D eigenvalue weighted by Crippen LogP contribution is -2.13. The van der Waals surface area contributed by atoms with Crippen LogP contribution in [0.5, 0.6) is 5.75 Å². The van der Waals surface area contributed by atoms with E-state index < -0.39 is 10.0 Å². The Morgan fingerprint density at radius 2 is 1.46 bits per heavy atom. The van der Waals surface area contributed by atoms with Gasteiger partial charge < -0.3 is 10.0 Å². The van der Waals surface area contributed by atoms with Crippen molar-refractivity contribution in [1.29, 1.82) is 0 Å². The summed E-state index contributed by atoms with van der Waals surface area (Å²) in [6.45, 7) is 0. The molecular formula is C20H20N2O3S. The second-order valence-electron chi connectivity index (χ2n) is 6.12. The third-order valence-electron chi connectivity index (χ3n) is 3.96. The van der Waals surface area contributed by atoms with E-state index in [1.165, 1.54) is 0 Å². The van der Waals surface area contributed by atoms with Crippen molar-refractivity contribution in [2.45, 2.75) is 4.90 Å². The highest BCUT2D eigenvalue weighted by Gasteiger charge is 2.15. The molecule has 0 aliphatic heterocycles. The Morgan fingerprint density at radius 1 is 0.846 bits per heavy atom. The topological polar surface area (TPSA) is 69.6 Å². The zero-order valence-electron chi connectivity index (χ0n) is 14.5. The maximum Gasteiger partial charge on any atom is 0.261 e. The van der Waals surface area contributed by atoms with Crippen molar-refractivity contribution in [3.8, 4) is 16.9 Å². The third-order valence-corrected chi connectivity index (χ3v) is 5.34. The number of phenols is 1. The first kappa shape index (κ1) is 17.8. The third kappa shape index (κ3) is 3.97. The average molecular weight is 368 g/mol. The van der Waals surface area contributed by atoms with Crippen LogP contribution in [-0.4, -0.2) is 27.6 Å². The Labute approximate surface area is 153 Å². The summed E-state index contributed by atoms with van der Waals surface area (Å²) in [5.41, 5.74) is 2.95. The molecule has 0 aliphatic carbocycles. The maximum absolute atomic E-state index is 12.7. The molecule has 0 aromatic heterocycles. The van der Waals surface area contributed by atoms with Gasteiger partial charge in [-0.25, -0.2) is 8.42 Å². The molecular weight excluding hydrogens is 348 g/mol. The number of hydrogen-bond acceptors (Lipinski definition) is 4. The zero-order chi connectivity index (χ0) is 18.7. The summed E-state index contributed by atoms with van der Waals surface area (Å²) in [5.74, 6) is 0.134. The fourth-order valence-electron chi connectivity index (χ4n) is 2.57. The quantitative estimate of drug-likeness (QED) is 0.716. The lowest BCUT2D eigenvalue weighted by molar-refractivity contribution is 0.475. The molecule has 0 saturated heterocycles. The molecule has 6 heteroatoms. The number of nitrogens with one attached hydrogen (secondary N) is 1. The molecule has 0 spiro atoms. The molecule has 0 amide bonds. The molecule has 26 heavy (non-hydrogen) atoms. The van der Waals surface area contributed by atoms with E-state index in [1.54, 1.807) is 54.6 Å². The highest BCUT2D eigenvalue weighted by molar-refractivity contribution is 7.92. The fourth-order valence-corrected chi connectivity index (χ4v) is 3.67. The molecule has 5 nitrogen and oxygen atoms in total. The predicted octanol–water partition coefficient (Wildman–Crippen LogP) is 3.93. The van der Waals surface area contributed by atoms with Gasteiger partial charge in [-0.15, -0.1) is 0 Å². The first-order valence-electron chi connectivity index (χ1n) is 8.05. The molecule has 3 aromatic rings. The Hall–Kier alpha value is -2.99. The molecule has 0 atom stereocenters. The number of hydrogen-bond donors (Lipinski definition) is 2. The van der Waals surface area contributed by atoms with E-state index in [0.717, 1.165) is 11.3 Å². The van der Waals surface area contributed by atoms with E-state index in [0.29, 0.717) is 11.3 Å². The minimum absolute atomic E-state index is 0.134. The Kier molecular flexibility index (Phi) is 4.86. The van der Waals surface area contributed by atoms with Gasteiger partial charge >= 0.3 is 0 Å².